The van der Waals surface area contributed by atoms with Gasteiger partial charge >= 0.3 is 0 Å². The van der Waals surface area contributed by atoms with Gasteiger partial charge in [0, 0.05) is 25.3 Å². The molecule has 7 heteroatoms. The van der Waals surface area contributed by atoms with Crippen molar-refractivity contribution in [1.82, 2.24) is 0 Å². The Bertz CT molecular complexity index is 460. The van der Waals surface area contributed by atoms with Crippen LogP contribution in [-0.2, 0) is 4.74 Å². The molecule has 0 bridgehead atoms. The second-order valence-electron chi connectivity index (χ2n) is 4.53. The van der Waals surface area contributed by atoms with Crippen LogP contribution in [0.15, 0.2) is 18.2 Å². The lowest BCUT2D eigenvalue weighted by molar-refractivity contribution is -0.384. The fourth-order valence-electron chi connectivity index (χ4n) is 2.04. The largest absolute Gasteiger partial charge is 0.489 e. The van der Waals surface area contributed by atoms with Crippen molar-refractivity contribution in [1.29, 1.82) is 0 Å². The van der Waals surface area contributed by atoms with Gasteiger partial charge in [-0.2, -0.15) is 0 Å². The van der Waals surface area contributed by atoms with Crippen LogP contribution in [0.25, 0.3) is 0 Å². The Morgan fingerprint density at radius 3 is 3.05 bits per heavy atom. The Kier molecular flexibility index (Phi) is 5.14. The van der Waals surface area contributed by atoms with E-state index in [9.17, 15) is 10.1 Å². The summed E-state index contributed by atoms with van der Waals surface area (Å²) in [6.45, 7) is 1.42. The number of nitrogens with zero attached hydrogens (tertiary/aromatic N) is 1. The fourth-order valence-corrected chi connectivity index (χ4v) is 2.04. The summed E-state index contributed by atoms with van der Waals surface area (Å²) >= 11 is 0. The molecule has 0 saturated carbocycles. The topological polar surface area (TPSA) is 93.9 Å². The molecule has 1 aromatic carbocycles. The molecule has 2 N–H and O–H groups in total. The zero-order valence-electron chi connectivity index (χ0n) is 11.1. The van der Waals surface area contributed by atoms with Crippen LogP contribution in [0.1, 0.15) is 12.8 Å². The number of hydrogen-bond donors (Lipinski definition) is 2. The number of aliphatic hydroxyl groups is 1. The van der Waals surface area contributed by atoms with E-state index in [-0.39, 0.29) is 18.4 Å². The Morgan fingerprint density at radius 2 is 2.40 bits per heavy atom. The minimum atomic E-state index is -0.464. The Balaban J connectivity index is 2.06. The second kappa shape index (κ2) is 7.06. The highest BCUT2D eigenvalue weighted by atomic mass is 16.6. The van der Waals surface area contributed by atoms with E-state index < -0.39 is 4.92 Å². The number of hydrogen-bond acceptors (Lipinski definition) is 6. The Labute approximate surface area is 116 Å². The normalized spacial score (nSPS) is 17.9. The molecule has 110 valence electrons. The van der Waals surface area contributed by atoms with Gasteiger partial charge in [-0.3, -0.25) is 10.1 Å². The molecule has 0 amide bonds. The SMILES string of the molecule is O=[N+]([O-])c1ccc(OCC2CCCO2)c(NCCO)c1. The van der Waals surface area contributed by atoms with E-state index in [1.165, 1.54) is 12.1 Å². The van der Waals surface area contributed by atoms with Gasteiger partial charge in [0.25, 0.3) is 5.69 Å². The summed E-state index contributed by atoms with van der Waals surface area (Å²) in [6.07, 6.45) is 2.08. The van der Waals surface area contributed by atoms with E-state index in [0.29, 0.717) is 24.6 Å². The third-order valence-electron chi connectivity index (χ3n) is 3.05. The van der Waals surface area contributed by atoms with Crippen molar-refractivity contribution < 1.29 is 19.5 Å². The zero-order valence-corrected chi connectivity index (χ0v) is 11.1. The Hall–Kier alpha value is -1.86. The number of aliphatic hydroxyl groups excluding tert-OH is 1. The van der Waals surface area contributed by atoms with Crippen molar-refractivity contribution in [3.05, 3.63) is 28.3 Å². The van der Waals surface area contributed by atoms with Crippen molar-refractivity contribution in [2.24, 2.45) is 0 Å². The standard InChI is InChI=1S/C13H18N2O5/c16-6-5-14-12-8-10(15(17)18)3-4-13(12)20-9-11-2-1-7-19-11/h3-4,8,11,14,16H,1-2,5-7,9H2. The fraction of sp³-hybridized carbons (Fsp3) is 0.538. The molecule has 0 aromatic heterocycles. The van der Waals surface area contributed by atoms with Gasteiger partial charge < -0.3 is 19.9 Å². The van der Waals surface area contributed by atoms with E-state index in [4.69, 9.17) is 14.6 Å². The summed E-state index contributed by atoms with van der Waals surface area (Å²) in [7, 11) is 0. The molecular weight excluding hydrogens is 264 g/mol. The molecule has 1 heterocycles. The lowest BCUT2D eigenvalue weighted by atomic mass is 10.2. The lowest BCUT2D eigenvalue weighted by Gasteiger charge is -2.15. The number of benzene rings is 1. The van der Waals surface area contributed by atoms with E-state index in [0.717, 1.165) is 19.4 Å². The van der Waals surface area contributed by atoms with Gasteiger partial charge in [-0.25, -0.2) is 0 Å². The molecule has 1 unspecified atom stereocenters. The van der Waals surface area contributed by atoms with E-state index in [2.05, 4.69) is 5.32 Å². The van der Waals surface area contributed by atoms with Crippen LogP contribution in [-0.4, -0.2) is 42.5 Å². The number of ether oxygens (including phenoxy) is 2. The van der Waals surface area contributed by atoms with Gasteiger partial charge in [0.2, 0.25) is 0 Å². The molecule has 0 spiro atoms. The second-order valence-corrected chi connectivity index (χ2v) is 4.53. The summed E-state index contributed by atoms with van der Waals surface area (Å²) in [5.74, 6) is 0.527. The first-order chi connectivity index (χ1) is 9.70. The van der Waals surface area contributed by atoms with E-state index in [1.807, 2.05) is 0 Å². The van der Waals surface area contributed by atoms with Crippen molar-refractivity contribution in [2.45, 2.75) is 18.9 Å². The number of rotatable bonds is 7. The molecule has 1 aliphatic heterocycles. The van der Waals surface area contributed by atoms with Gasteiger partial charge in [-0.15, -0.1) is 0 Å². The maximum Gasteiger partial charge on any atom is 0.271 e. The van der Waals surface area contributed by atoms with Gasteiger partial charge in [0.15, 0.2) is 0 Å². The quantitative estimate of drug-likeness (QED) is 0.582. The number of anilines is 1. The molecule has 1 aromatic rings. The van der Waals surface area contributed by atoms with Crippen molar-refractivity contribution >= 4 is 11.4 Å². The van der Waals surface area contributed by atoms with Crippen LogP contribution in [0.4, 0.5) is 11.4 Å². The number of nitrogens with one attached hydrogen (secondary N) is 1. The summed E-state index contributed by atoms with van der Waals surface area (Å²) in [4.78, 5) is 10.3. The summed E-state index contributed by atoms with van der Waals surface area (Å²) in [5.41, 5.74) is 0.487. The third-order valence-corrected chi connectivity index (χ3v) is 3.05. The molecule has 0 radical (unpaired) electrons. The number of nitro groups is 1. The smallest absolute Gasteiger partial charge is 0.271 e. The van der Waals surface area contributed by atoms with Crippen LogP contribution in [0.5, 0.6) is 5.75 Å². The van der Waals surface area contributed by atoms with Crippen LogP contribution < -0.4 is 10.1 Å². The average Bonchev–Trinajstić information content (AvgIpc) is 2.96. The maximum absolute atomic E-state index is 10.8. The average molecular weight is 282 g/mol. The molecular formula is C13H18N2O5. The predicted octanol–water partition coefficient (Wildman–Crippen LogP) is 1.56. The molecule has 20 heavy (non-hydrogen) atoms. The molecule has 0 aliphatic carbocycles. The summed E-state index contributed by atoms with van der Waals surface area (Å²) in [6, 6.07) is 4.36. The van der Waals surface area contributed by atoms with Crippen molar-refractivity contribution in [2.75, 3.05) is 31.7 Å². The molecule has 1 saturated heterocycles. The number of nitro benzene ring substituents is 1. The first kappa shape index (κ1) is 14.5. The maximum atomic E-state index is 10.8. The molecule has 7 nitrogen and oxygen atoms in total. The van der Waals surface area contributed by atoms with Gasteiger partial charge in [-0.1, -0.05) is 0 Å². The van der Waals surface area contributed by atoms with Crippen molar-refractivity contribution in [3.63, 3.8) is 0 Å². The highest BCUT2D eigenvalue weighted by Gasteiger charge is 2.18. The summed E-state index contributed by atoms with van der Waals surface area (Å²) < 4.78 is 11.1. The van der Waals surface area contributed by atoms with Gasteiger partial charge in [0.1, 0.15) is 12.4 Å². The molecule has 2 rings (SSSR count). The predicted molar refractivity (Wildman–Crippen MR) is 73.1 cm³/mol. The van der Waals surface area contributed by atoms with Gasteiger partial charge in [0.05, 0.1) is 23.3 Å². The highest BCUT2D eigenvalue weighted by Crippen LogP contribution is 2.29. The van der Waals surface area contributed by atoms with Crippen molar-refractivity contribution in [3.8, 4) is 5.75 Å². The van der Waals surface area contributed by atoms with Crippen LogP contribution in [0.2, 0.25) is 0 Å². The minimum absolute atomic E-state index is 0.0186. The summed E-state index contributed by atoms with van der Waals surface area (Å²) in [5, 5.41) is 22.5. The van der Waals surface area contributed by atoms with Crippen LogP contribution in [0.3, 0.4) is 0 Å². The van der Waals surface area contributed by atoms with E-state index in [1.54, 1.807) is 6.07 Å². The van der Waals surface area contributed by atoms with Crippen LogP contribution in [0, 0.1) is 10.1 Å². The van der Waals surface area contributed by atoms with E-state index >= 15 is 0 Å². The highest BCUT2D eigenvalue weighted by molar-refractivity contribution is 5.61. The molecule has 1 aliphatic rings. The third kappa shape index (κ3) is 3.82. The first-order valence-electron chi connectivity index (χ1n) is 6.58. The van der Waals surface area contributed by atoms with Crippen LogP contribution >= 0.6 is 0 Å². The first-order valence-corrected chi connectivity index (χ1v) is 6.58. The molecule has 1 atom stereocenters. The zero-order chi connectivity index (χ0) is 14.4. The lowest BCUT2D eigenvalue weighted by Crippen LogP contribution is -2.17. The Morgan fingerprint density at radius 1 is 1.55 bits per heavy atom. The monoisotopic (exact) mass is 282 g/mol. The minimum Gasteiger partial charge on any atom is -0.489 e. The van der Waals surface area contributed by atoms with Gasteiger partial charge in [-0.05, 0) is 18.9 Å². The molecule has 1 fully saturated rings. The number of non-ortho nitro benzene ring substituents is 1.